The number of amides is 1. The van der Waals surface area contributed by atoms with Gasteiger partial charge >= 0.3 is 0 Å². The van der Waals surface area contributed by atoms with Crippen LogP contribution in [0.4, 0.5) is 0 Å². The third-order valence-electron chi connectivity index (χ3n) is 3.49. The van der Waals surface area contributed by atoms with Crippen molar-refractivity contribution in [3.05, 3.63) is 0 Å². The Morgan fingerprint density at radius 2 is 1.31 bits per heavy atom. The first-order valence-corrected chi connectivity index (χ1v) is 9.70. The van der Waals surface area contributed by atoms with E-state index in [4.69, 9.17) is 21.7 Å². The lowest BCUT2D eigenvalue weighted by Gasteiger charge is -2.07. The quantitative estimate of drug-likeness (QED) is 0.162. The standard InChI is InChI=1S/C19H34N2O8/c22-8-12-28-16-14-26-10-1-2-18(24)3-5-20-6-4-19(25)21-7-11-27-15-17-29-13-9-23/h8-9,20H,1-7,10-17H2,(H,21,25)/i8T,9T. The van der Waals surface area contributed by atoms with Crippen LogP contribution >= 0.6 is 0 Å². The summed E-state index contributed by atoms with van der Waals surface area (Å²) in [6.45, 7) is 2.69. The van der Waals surface area contributed by atoms with Gasteiger partial charge in [-0.1, -0.05) is 0 Å². The molecule has 10 heteroatoms. The smallest absolute Gasteiger partial charge is 0.221 e. The molecule has 0 spiro atoms. The van der Waals surface area contributed by atoms with Gasteiger partial charge in [-0.05, 0) is 6.42 Å². The van der Waals surface area contributed by atoms with Crippen LogP contribution in [0.15, 0.2) is 0 Å². The van der Waals surface area contributed by atoms with E-state index < -0.39 is 12.5 Å². The van der Waals surface area contributed by atoms with E-state index in [1.807, 2.05) is 0 Å². The summed E-state index contributed by atoms with van der Waals surface area (Å²) in [6.07, 6.45) is 0.150. The van der Waals surface area contributed by atoms with E-state index >= 15 is 0 Å². The summed E-state index contributed by atoms with van der Waals surface area (Å²) in [6, 6.07) is 0. The molecule has 10 nitrogen and oxygen atoms in total. The van der Waals surface area contributed by atoms with E-state index in [9.17, 15) is 19.2 Å². The maximum Gasteiger partial charge on any atom is 0.221 e. The van der Waals surface area contributed by atoms with Crippen molar-refractivity contribution in [3.63, 3.8) is 0 Å². The van der Waals surface area contributed by atoms with Gasteiger partial charge in [0.25, 0.3) is 0 Å². The topological polar surface area (TPSA) is 129 Å². The number of ether oxygens (including phenoxy) is 4. The fourth-order valence-electron chi connectivity index (χ4n) is 2.07. The summed E-state index contributed by atoms with van der Waals surface area (Å²) in [5, 5.41) is 5.76. The highest BCUT2D eigenvalue weighted by atomic mass is 16.5. The van der Waals surface area contributed by atoms with E-state index in [1.165, 1.54) is 0 Å². The second kappa shape index (κ2) is 22.6. The number of carbonyl (C=O) groups excluding carboxylic acids is 4. The summed E-state index contributed by atoms with van der Waals surface area (Å²) in [7, 11) is 0. The van der Waals surface area contributed by atoms with Crippen LogP contribution in [0.3, 0.4) is 0 Å². The normalized spacial score (nSPS) is 11.6. The van der Waals surface area contributed by atoms with Crippen LogP contribution in [-0.2, 0) is 38.1 Å². The van der Waals surface area contributed by atoms with Crippen molar-refractivity contribution in [2.45, 2.75) is 25.7 Å². The number of nitrogens with one attached hydrogen (secondary N) is 2. The Kier molecular flexibility index (Phi) is 18.3. The first kappa shape index (κ1) is 23.6. The van der Waals surface area contributed by atoms with Crippen molar-refractivity contribution in [2.24, 2.45) is 0 Å². The largest absolute Gasteiger partial charge is 0.379 e. The molecule has 1 amide bonds. The molecule has 0 rings (SSSR count). The molecule has 0 unspecified atom stereocenters. The Labute approximate surface area is 174 Å². The van der Waals surface area contributed by atoms with E-state index in [-0.39, 0.29) is 44.7 Å². The van der Waals surface area contributed by atoms with E-state index in [1.54, 1.807) is 0 Å². The average Bonchev–Trinajstić information content (AvgIpc) is 2.71. The zero-order valence-electron chi connectivity index (χ0n) is 18.9. The van der Waals surface area contributed by atoms with Crippen LogP contribution in [0.5, 0.6) is 0 Å². The van der Waals surface area contributed by atoms with Gasteiger partial charge in [-0.15, -0.1) is 0 Å². The molecule has 2 N–H and O–H groups in total. The SMILES string of the molecule is [3H]C(=O)COCCOCCCC(=O)CCNCCC(=O)NCCOCCOCC([3H])=O. The van der Waals surface area contributed by atoms with Crippen molar-refractivity contribution >= 4 is 24.2 Å². The second-order valence-corrected chi connectivity index (χ2v) is 5.86. The molecule has 0 aromatic rings. The Bertz CT molecular complexity index is 479. The molecule has 0 saturated heterocycles. The van der Waals surface area contributed by atoms with Gasteiger partial charge in [0.05, 0.1) is 33.0 Å². The minimum absolute atomic E-state index is 0.116. The van der Waals surface area contributed by atoms with Crippen molar-refractivity contribution in [1.29, 1.82) is 0 Å². The minimum atomic E-state index is -0.782. The fourth-order valence-corrected chi connectivity index (χ4v) is 2.07. The number of carbonyl (C=O) groups is 4. The van der Waals surface area contributed by atoms with Crippen LogP contribution in [0.25, 0.3) is 0 Å². The highest BCUT2D eigenvalue weighted by Crippen LogP contribution is 1.96. The van der Waals surface area contributed by atoms with Crippen LogP contribution in [0.1, 0.15) is 28.4 Å². The van der Waals surface area contributed by atoms with E-state index in [0.29, 0.717) is 65.1 Å². The van der Waals surface area contributed by atoms with Crippen LogP contribution < -0.4 is 10.6 Å². The molecular weight excluding hydrogens is 384 g/mol. The van der Waals surface area contributed by atoms with Crippen LogP contribution in [0.2, 0.25) is 0 Å². The predicted octanol–water partition coefficient (Wildman–Crippen LogP) is -0.714. The number of aldehydes is 2. The molecule has 0 saturated carbocycles. The van der Waals surface area contributed by atoms with Crippen molar-refractivity contribution in [3.8, 4) is 0 Å². The Morgan fingerprint density at radius 3 is 1.97 bits per heavy atom. The Hall–Kier alpha value is -1.72. The van der Waals surface area contributed by atoms with E-state index in [0.717, 1.165) is 0 Å². The van der Waals surface area contributed by atoms with Crippen LogP contribution in [0, 0.1) is 0 Å². The fraction of sp³-hybridized carbons (Fsp3) is 0.789. The van der Waals surface area contributed by atoms with Gasteiger partial charge in [0.15, 0.2) is 0 Å². The summed E-state index contributed by atoms with van der Waals surface area (Å²) in [5.74, 6) is -0.00322. The molecule has 0 heterocycles. The molecule has 168 valence electrons. The summed E-state index contributed by atoms with van der Waals surface area (Å²) >= 11 is 0. The summed E-state index contributed by atoms with van der Waals surface area (Å²) < 4.78 is 33.5. The molecule has 0 aliphatic carbocycles. The molecule has 0 aromatic heterocycles. The monoisotopic (exact) mass is 422 g/mol. The summed E-state index contributed by atoms with van der Waals surface area (Å²) in [5.41, 5.74) is 0. The molecule has 0 aromatic carbocycles. The third kappa shape index (κ3) is 22.4. The predicted molar refractivity (Wildman–Crippen MR) is 105 cm³/mol. The maximum atomic E-state index is 11.7. The summed E-state index contributed by atoms with van der Waals surface area (Å²) in [4.78, 5) is 44.1. The maximum absolute atomic E-state index is 11.7. The van der Waals surface area contributed by atoms with Gasteiger partial charge < -0.3 is 39.2 Å². The molecular formula is C19H34N2O8. The Morgan fingerprint density at radius 1 is 0.724 bits per heavy atom. The number of Topliss-reactive ketones (excluding diaryl/α,β-unsaturated/α-hetero) is 1. The lowest BCUT2D eigenvalue weighted by Crippen LogP contribution is -2.31. The molecule has 0 fully saturated rings. The molecule has 0 aliphatic heterocycles. The zero-order valence-corrected chi connectivity index (χ0v) is 16.9. The van der Waals surface area contributed by atoms with Gasteiger partial charge in [-0.2, -0.15) is 0 Å². The second-order valence-electron chi connectivity index (χ2n) is 5.86. The minimum Gasteiger partial charge on any atom is -0.379 e. The van der Waals surface area contributed by atoms with Gasteiger partial charge in [0.1, 0.15) is 34.3 Å². The lowest BCUT2D eigenvalue weighted by molar-refractivity contribution is -0.121. The van der Waals surface area contributed by atoms with Crippen molar-refractivity contribution in [1.82, 2.24) is 10.6 Å². The average molecular weight is 423 g/mol. The highest BCUT2D eigenvalue weighted by molar-refractivity contribution is 5.78. The van der Waals surface area contributed by atoms with Gasteiger partial charge in [-0.3, -0.25) is 9.59 Å². The van der Waals surface area contributed by atoms with Crippen molar-refractivity contribution in [2.75, 3.05) is 72.5 Å². The molecule has 0 atom stereocenters. The van der Waals surface area contributed by atoms with Crippen LogP contribution in [-0.4, -0.2) is 96.7 Å². The number of ketones is 1. The number of rotatable bonds is 23. The molecule has 0 bridgehead atoms. The Balaban J connectivity index is 3.33. The third-order valence-corrected chi connectivity index (χ3v) is 3.49. The first-order chi connectivity index (χ1) is 14.9. The molecule has 0 aliphatic rings. The van der Waals surface area contributed by atoms with E-state index in [2.05, 4.69) is 10.6 Å². The molecule has 0 radical (unpaired) electrons. The number of hydrogen-bond donors (Lipinski definition) is 2. The molecule has 29 heavy (non-hydrogen) atoms. The van der Waals surface area contributed by atoms with Gasteiger partial charge in [-0.25, -0.2) is 0 Å². The number of hydrogen-bond acceptors (Lipinski definition) is 9. The first-order valence-electron chi connectivity index (χ1n) is 10.7. The van der Waals surface area contributed by atoms with Crippen molar-refractivity contribution < 1.29 is 40.9 Å². The van der Waals surface area contributed by atoms with Gasteiger partial charge in [0, 0.05) is 45.5 Å². The highest BCUT2D eigenvalue weighted by Gasteiger charge is 2.03. The lowest BCUT2D eigenvalue weighted by atomic mass is 10.2. The van der Waals surface area contributed by atoms with Gasteiger partial charge in [0.2, 0.25) is 5.91 Å². The zero-order chi connectivity index (χ0) is 23.2.